The lowest BCUT2D eigenvalue weighted by molar-refractivity contribution is 0.304. The van der Waals surface area contributed by atoms with Crippen LogP contribution in [-0.2, 0) is 6.54 Å². The first kappa shape index (κ1) is 15.5. The highest BCUT2D eigenvalue weighted by Crippen LogP contribution is 2.20. The molecule has 0 bridgehead atoms. The lowest BCUT2D eigenvalue weighted by Crippen LogP contribution is -2.35. The molecule has 0 amide bonds. The highest BCUT2D eigenvalue weighted by molar-refractivity contribution is 5.60. The third-order valence-electron chi connectivity index (χ3n) is 2.85. The van der Waals surface area contributed by atoms with E-state index in [9.17, 15) is 5.26 Å². The molecule has 0 heterocycles. The maximum Gasteiger partial charge on any atom is 0.101 e. The Bertz CT molecular complexity index is 457. The maximum absolute atomic E-state index is 9.23. The minimum Gasteiger partial charge on any atom is -0.395 e. The predicted octanol–water partition coefficient (Wildman–Crippen LogP) is 1.87. The number of hydrogen-bond acceptors (Lipinski definition) is 4. The van der Waals surface area contributed by atoms with Crippen molar-refractivity contribution in [3.8, 4) is 6.07 Å². The molecule has 1 aromatic carbocycles. The summed E-state index contributed by atoms with van der Waals surface area (Å²) < 4.78 is 0. The monoisotopic (exact) mass is 261 g/mol. The molecule has 1 rings (SSSR count). The van der Waals surface area contributed by atoms with Gasteiger partial charge in [-0.1, -0.05) is 6.07 Å². The molecule has 4 heteroatoms. The molecule has 0 aliphatic heterocycles. The van der Waals surface area contributed by atoms with Gasteiger partial charge in [0.15, 0.2) is 0 Å². The third kappa shape index (κ3) is 4.90. The lowest BCUT2D eigenvalue weighted by atomic mass is 10.1. The van der Waals surface area contributed by atoms with Gasteiger partial charge in [0.25, 0.3) is 0 Å². The van der Waals surface area contributed by atoms with Crippen LogP contribution in [0.25, 0.3) is 0 Å². The molecule has 0 aromatic heterocycles. The van der Waals surface area contributed by atoms with Crippen molar-refractivity contribution in [3.05, 3.63) is 29.3 Å². The van der Waals surface area contributed by atoms with Crippen molar-refractivity contribution in [3.63, 3.8) is 0 Å². The van der Waals surface area contributed by atoms with Gasteiger partial charge in [-0.15, -0.1) is 0 Å². The first-order chi connectivity index (χ1) is 8.87. The highest BCUT2D eigenvalue weighted by Gasteiger charge is 2.11. The predicted molar refractivity (Wildman–Crippen MR) is 78.1 cm³/mol. The Labute approximate surface area is 115 Å². The largest absolute Gasteiger partial charge is 0.395 e. The van der Waals surface area contributed by atoms with E-state index in [1.165, 1.54) is 0 Å². The van der Waals surface area contributed by atoms with E-state index in [1.807, 2.05) is 30.1 Å². The van der Waals surface area contributed by atoms with Gasteiger partial charge in [0.05, 0.1) is 17.9 Å². The van der Waals surface area contributed by atoms with Crippen LogP contribution in [0.15, 0.2) is 18.2 Å². The van der Waals surface area contributed by atoms with E-state index in [2.05, 4.69) is 32.2 Å². The van der Waals surface area contributed by atoms with Crippen LogP contribution in [0.1, 0.15) is 31.9 Å². The third-order valence-corrected chi connectivity index (χ3v) is 2.85. The summed E-state index contributed by atoms with van der Waals surface area (Å²) in [6, 6.07) is 8.08. The van der Waals surface area contributed by atoms with Gasteiger partial charge in [-0.2, -0.15) is 5.26 Å². The fourth-order valence-corrected chi connectivity index (χ4v) is 1.75. The SMILES string of the molecule is CN(CCO)c1ccc(CNC(C)(C)C)cc1C#N. The average Bonchev–Trinajstić information content (AvgIpc) is 2.35. The fourth-order valence-electron chi connectivity index (χ4n) is 1.75. The normalized spacial score (nSPS) is 11.2. The minimum absolute atomic E-state index is 0.0547. The summed E-state index contributed by atoms with van der Waals surface area (Å²) in [6.07, 6.45) is 0. The molecular formula is C15H23N3O. The Kier molecular flexibility index (Phi) is 5.34. The number of benzene rings is 1. The Hall–Kier alpha value is -1.57. The average molecular weight is 261 g/mol. The molecule has 0 saturated carbocycles. The summed E-state index contributed by atoms with van der Waals surface area (Å²) >= 11 is 0. The molecule has 0 unspecified atom stereocenters. The number of likely N-dealkylation sites (N-methyl/N-ethyl adjacent to an activating group) is 1. The van der Waals surface area contributed by atoms with Gasteiger partial charge >= 0.3 is 0 Å². The quantitative estimate of drug-likeness (QED) is 0.849. The molecule has 1 aromatic rings. The molecule has 0 aliphatic rings. The molecule has 104 valence electrons. The summed E-state index contributed by atoms with van der Waals surface area (Å²) in [4.78, 5) is 1.89. The maximum atomic E-state index is 9.23. The topological polar surface area (TPSA) is 59.3 Å². The number of aliphatic hydroxyl groups excluding tert-OH is 1. The molecular weight excluding hydrogens is 238 g/mol. The molecule has 0 saturated heterocycles. The second-order valence-corrected chi connectivity index (χ2v) is 5.71. The van der Waals surface area contributed by atoms with Crippen LogP contribution >= 0.6 is 0 Å². The Morgan fingerprint density at radius 1 is 1.37 bits per heavy atom. The van der Waals surface area contributed by atoms with E-state index in [0.29, 0.717) is 12.1 Å². The van der Waals surface area contributed by atoms with E-state index in [4.69, 9.17) is 5.11 Å². The lowest BCUT2D eigenvalue weighted by Gasteiger charge is -2.22. The van der Waals surface area contributed by atoms with Crippen LogP contribution in [0.4, 0.5) is 5.69 Å². The number of anilines is 1. The summed E-state index contributed by atoms with van der Waals surface area (Å²) in [6.45, 7) is 7.68. The number of nitriles is 1. The van der Waals surface area contributed by atoms with E-state index < -0.39 is 0 Å². The van der Waals surface area contributed by atoms with Gasteiger partial charge in [0.1, 0.15) is 6.07 Å². The Morgan fingerprint density at radius 2 is 2.05 bits per heavy atom. The van der Waals surface area contributed by atoms with Crippen molar-refractivity contribution in [2.45, 2.75) is 32.9 Å². The van der Waals surface area contributed by atoms with Crippen LogP contribution < -0.4 is 10.2 Å². The number of nitrogens with zero attached hydrogens (tertiary/aromatic N) is 2. The van der Waals surface area contributed by atoms with Gasteiger partial charge in [0.2, 0.25) is 0 Å². The number of hydrogen-bond donors (Lipinski definition) is 2. The van der Waals surface area contributed by atoms with E-state index in [1.54, 1.807) is 0 Å². The summed E-state index contributed by atoms with van der Waals surface area (Å²) in [5, 5.41) is 21.6. The Morgan fingerprint density at radius 3 is 2.58 bits per heavy atom. The molecule has 0 aliphatic carbocycles. The van der Waals surface area contributed by atoms with Gasteiger partial charge in [-0.3, -0.25) is 0 Å². The van der Waals surface area contributed by atoms with E-state index in [-0.39, 0.29) is 12.1 Å². The fraction of sp³-hybridized carbons (Fsp3) is 0.533. The molecule has 0 spiro atoms. The summed E-state index contributed by atoms with van der Waals surface area (Å²) in [7, 11) is 1.87. The van der Waals surface area contributed by atoms with E-state index >= 15 is 0 Å². The molecule has 0 fully saturated rings. The number of aliphatic hydroxyl groups is 1. The first-order valence-electron chi connectivity index (χ1n) is 6.47. The van der Waals surface area contributed by atoms with Crippen LogP contribution in [-0.4, -0.2) is 30.8 Å². The molecule has 0 radical (unpaired) electrons. The van der Waals surface area contributed by atoms with E-state index in [0.717, 1.165) is 17.8 Å². The van der Waals surface area contributed by atoms with Crippen LogP contribution in [0.2, 0.25) is 0 Å². The minimum atomic E-state index is 0.0547. The van der Waals surface area contributed by atoms with Crippen LogP contribution in [0.3, 0.4) is 0 Å². The smallest absolute Gasteiger partial charge is 0.101 e. The first-order valence-corrected chi connectivity index (χ1v) is 6.47. The second kappa shape index (κ2) is 6.55. The zero-order valence-electron chi connectivity index (χ0n) is 12.2. The van der Waals surface area contributed by atoms with Crippen molar-refractivity contribution in [2.24, 2.45) is 0 Å². The zero-order chi connectivity index (χ0) is 14.5. The van der Waals surface area contributed by atoms with Crippen molar-refractivity contribution < 1.29 is 5.11 Å². The molecule has 4 nitrogen and oxygen atoms in total. The van der Waals surface area contributed by atoms with Crippen molar-refractivity contribution >= 4 is 5.69 Å². The summed E-state index contributed by atoms with van der Waals surface area (Å²) in [5.74, 6) is 0. The van der Waals surface area contributed by atoms with Gasteiger partial charge in [-0.05, 0) is 38.5 Å². The molecule has 2 N–H and O–H groups in total. The Balaban J connectivity index is 2.87. The van der Waals surface area contributed by atoms with Crippen molar-refractivity contribution in [1.82, 2.24) is 5.32 Å². The number of rotatable bonds is 5. The van der Waals surface area contributed by atoms with Crippen LogP contribution in [0, 0.1) is 11.3 Å². The second-order valence-electron chi connectivity index (χ2n) is 5.71. The van der Waals surface area contributed by atoms with Gasteiger partial charge in [-0.25, -0.2) is 0 Å². The standard InChI is InChI=1S/C15H23N3O/c1-15(2,3)17-11-12-5-6-14(13(9-12)10-16)18(4)7-8-19/h5-6,9,17,19H,7-8,11H2,1-4H3. The van der Waals surface area contributed by atoms with Crippen LogP contribution in [0.5, 0.6) is 0 Å². The zero-order valence-corrected chi connectivity index (χ0v) is 12.2. The molecule has 0 atom stereocenters. The molecule has 19 heavy (non-hydrogen) atoms. The van der Waals surface area contributed by atoms with Crippen molar-refractivity contribution in [1.29, 1.82) is 5.26 Å². The van der Waals surface area contributed by atoms with Gasteiger partial charge < -0.3 is 15.3 Å². The summed E-state index contributed by atoms with van der Waals surface area (Å²) in [5.41, 5.74) is 2.65. The van der Waals surface area contributed by atoms with Crippen molar-refractivity contribution in [2.75, 3.05) is 25.1 Å². The number of nitrogens with one attached hydrogen (secondary N) is 1. The van der Waals surface area contributed by atoms with Gasteiger partial charge in [0, 0.05) is 25.7 Å². The highest BCUT2D eigenvalue weighted by atomic mass is 16.3.